The lowest BCUT2D eigenvalue weighted by Gasteiger charge is -2.24. The molecule has 0 aliphatic rings. The molecular weight excluding hydrogens is 296 g/mol. The first-order valence-corrected chi connectivity index (χ1v) is 9.39. The number of aryl methyl sites for hydroxylation is 1. The van der Waals surface area contributed by atoms with Crippen molar-refractivity contribution in [2.75, 3.05) is 0 Å². The highest BCUT2D eigenvalue weighted by Gasteiger charge is 2.22. The smallest absolute Gasteiger partial charge is 0.142 e. The molecule has 0 radical (unpaired) electrons. The van der Waals surface area contributed by atoms with E-state index in [1.54, 1.807) is 23.5 Å². The molecule has 0 aromatic heterocycles. The molecule has 0 unspecified atom stereocenters. The Bertz CT molecular complexity index is 467. The van der Waals surface area contributed by atoms with Crippen molar-refractivity contribution >= 4 is 23.5 Å². The minimum atomic E-state index is 0.101. The summed E-state index contributed by atoms with van der Waals surface area (Å²) in [5.41, 5.74) is 1.28. The van der Waals surface area contributed by atoms with Crippen LogP contribution in [-0.2, 0) is 6.42 Å². The predicted octanol–water partition coefficient (Wildman–Crippen LogP) is 6.52. The maximum absolute atomic E-state index is 10.8. The van der Waals surface area contributed by atoms with Gasteiger partial charge in [-0.3, -0.25) is 0 Å². The highest BCUT2D eigenvalue weighted by atomic mass is 32.2. The van der Waals surface area contributed by atoms with Gasteiger partial charge in [0.1, 0.15) is 5.75 Å². The third-order valence-electron chi connectivity index (χ3n) is 2.80. The summed E-state index contributed by atoms with van der Waals surface area (Å²) in [5, 5.41) is 10.8. The lowest BCUT2D eigenvalue weighted by molar-refractivity contribution is 0.446. The Balaban J connectivity index is 3.20. The topological polar surface area (TPSA) is 20.2 Å². The van der Waals surface area contributed by atoms with E-state index in [0.29, 0.717) is 5.75 Å². The van der Waals surface area contributed by atoms with E-state index in [0.717, 1.165) is 16.2 Å². The molecule has 1 rings (SSSR count). The van der Waals surface area contributed by atoms with Crippen molar-refractivity contribution < 1.29 is 5.11 Å². The second kappa shape index (κ2) is 7.32. The zero-order valence-corrected chi connectivity index (χ0v) is 16.2. The first-order chi connectivity index (χ1) is 9.53. The van der Waals surface area contributed by atoms with Crippen LogP contribution in [0.5, 0.6) is 5.75 Å². The van der Waals surface area contributed by atoms with Gasteiger partial charge in [0, 0.05) is 9.49 Å². The first kappa shape index (κ1) is 18.8. The van der Waals surface area contributed by atoms with Crippen LogP contribution in [0.2, 0.25) is 0 Å². The Labute approximate surface area is 139 Å². The normalized spacial score (nSPS) is 12.7. The fourth-order valence-electron chi connectivity index (χ4n) is 1.99. The van der Waals surface area contributed by atoms with Crippen LogP contribution >= 0.6 is 23.5 Å². The second-order valence-electron chi connectivity index (χ2n) is 7.43. The summed E-state index contributed by atoms with van der Waals surface area (Å²) in [5.74, 6) is 0.475. The molecule has 3 heteroatoms. The van der Waals surface area contributed by atoms with Gasteiger partial charge >= 0.3 is 0 Å². The molecule has 0 atom stereocenters. The molecule has 120 valence electrons. The molecule has 0 amide bonds. The molecule has 1 N–H and O–H groups in total. The van der Waals surface area contributed by atoms with E-state index >= 15 is 0 Å². The highest BCUT2D eigenvalue weighted by Crippen LogP contribution is 2.47. The lowest BCUT2D eigenvalue weighted by Crippen LogP contribution is -2.09. The van der Waals surface area contributed by atoms with Gasteiger partial charge in [-0.05, 0) is 24.5 Å². The quantitative estimate of drug-likeness (QED) is 0.622. The van der Waals surface area contributed by atoms with E-state index in [1.807, 2.05) is 0 Å². The van der Waals surface area contributed by atoms with Gasteiger partial charge in [-0.25, -0.2) is 0 Å². The van der Waals surface area contributed by atoms with Crippen LogP contribution in [-0.4, -0.2) is 14.6 Å². The van der Waals surface area contributed by atoms with Gasteiger partial charge in [-0.15, -0.1) is 23.5 Å². The fraction of sp³-hybridized carbons (Fsp3) is 0.667. The third kappa shape index (κ3) is 6.56. The van der Waals surface area contributed by atoms with Crippen LogP contribution in [0.25, 0.3) is 0 Å². The molecule has 0 fully saturated rings. The maximum atomic E-state index is 10.8. The van der Waals surface area contributed by atoms with Crippen molar-refractivity contribution in [3.05, 3.63) is 17.7 Å². The molecule has 0 aliphatic heterocycles. The Hall–Kier alpha value is -0.280. The summed E-state index contributed by atoms with van der Waals surface area (Å²) in [4.78, 5) is 2.07. The Morgan fingerprint density at radius 1 is 0.952 bits per heavy atom. The molecule has 1 nitrogen and oxygen atoms in total. The van der Waals surface area contributed by atoms with Gasteiger partial charge in [0.2, 0.25) is 0 Å². The number of phenolic OH excluding ortho intramolecular Hbond substituents is 1. The summed E-state index contributed by atoms with van der Waals surface area (Å²) in [6.45, 7) is 15.3. The van der Waals surface area contributed by atoms with Crippen LogP contribution in [0.15, 0.2) is 21.9 Å². The van der Waals surface area contributed by atoms with E-state index < -0.39 is 0 Å². The van der Waals surface area contributed by atoms with Crippen LogP contribution < -0.4 is 0 Å². The largest absolute Gasteiger partial charge is 0.506 e. The molecule has 0 saturated carbocycles. The van der Waals surface area contributed by atoms with Crippen molar-refractivity contribution in [2.45, 2.75) is 87.0 Å². The number of hydrogen-bond acceptors (Lipinski definition) is 3. The molecular formula is C18H30OS2. The second-order valence-corrected chi connectivity index (χ2v) is 11.1. The molecule has 0 aliphatic carbocycles. The molecule has 0 spiro atoms. The summed E-state index contributed by atoms with van der Waals surface area (Å²) in [6, 6.07) is 4.29. The summed E-state index contributed by atoms with van der Waals surface area (Å²) < 4.78 is 0.204. The number of unbranched alkanes of at least 4 members (excludes halogenated alkanes) is 1. The molecule has 21 heavy (non-hydrogen) atoms. The molecule has 1 aromatic carbocycles. The van der Waals surface area contributed by atoms with Crippen LogP contribution in [0.1, 0.15) is 66.9 Å². The van der Waals surface area contributed by atoms with E-state index in [4.69, 9.17) is 0 Å². The molecule has 1 aromatic rings. The summed E-state index contributed by atoms with van der Waals surface area (Å²) in [7, 11) is 0. The lowest BCUT2D eigenvalue weighted by atomic mass is 10.1. The number of aromatic hydroxyl groups is 1. The number of benzene rings is 1. The van der Waals surface area contributed by atoms with Gasteiger partial charge < -0.3 is 5.11 Å². The zero-order valence-electron chi connectivity index (χ0n) is 14.5. The number of thioether (sulfide) groups is 2. The SMILES string of the molecule is CCCCc1ccc(SC(C)(C)C)c(O)c1SC(C)(C)C. The predicted molar refractivity (Wildman–Crippen MR) is 97.9 cm³/mol. The average molecular weight is 327 g/mol. The summed E-state index contributed by atoms with van der Waals surface area (Å²) >= 11 is 3.52. The van der Waals surface area contributed by atoms with Gasteiger partial charge in [0.25, 0.3) is 0 Å². The Morgan fingerprint density at radius 3 is 2.00 bits per heavy atom. The first-order valence-electron chi connectivity index (χ1n) is 7.76. The molecule has 0 saturated heterocycles. The molecule has 0 heterocycles. The Kier molecular flexibility index (Phi) is 6.54. The minimum absolute atomic E-state index is 0.101. The molecule has 0 bridgehead atoms. The van der Waals surface area contributed by atoms with E-state index in [-0.39, 0.29) is 9.49 Å². The van der Waals surface area contributed by atoms with E-state index in [1.165, 1.54) is 18.4 Å². The van der Waals surface area contributed by atoms with Crippen molar-refractivity contribution in [1.29, 1.82) is 0 Å². The van der Waals surface area contributed by atoms with Crippen LogP contribution in [0, 0.1) is 0 Å². The third-order valence-corrected chi connectivity index (χ3v) is 5.23. The van der Waals surface area contributed by atoms with E-state index in [2.05, 4.69) is 60.6 Å². The maximum Gasteiger partial charge on any atom is 0.142 e. The van der Waals surface area contributed by atoms with Gasteiger partial charge in [0.15, 0.2) is 0 Å². The fourth-order valence-corrected chi connectivity index (χ4v) is 4.17. The van der Waals surface area contributed by atoms with Crippen molar-refractivity contribution in [2.24, 2.45) is 0 Å². The van der Waals surface area contributed by atoms with Gasteiger partial charge in [-0.2, -0.15) is 0 Å². The van der Waals surface area contributed by atoms with E-state index in [9.17, 15) is 5.11 Å². The summed E-state index contributed by atoms with van der Waals surface area (Å²) in [6.07, 6.45) is 3.39. The van der Waals surface area contributed by atoms with Gasteiger partial charge in [-0.1, -0.05) is 61.0 Å². The highest BCUT2D eigenvalue weighted by molar-refractivity contribution is 8.01. The Morgan fingerprint density at radius 2 is 1.52 bits per heavy atom. The standard InChI is InChI=1S/C18H30OS2/c1-8-9-10-13-11-12-14(20-17(2,3)4)15(19)16(13)21-18(5,6)7/h11-12,19H,8-10H2,1-7H3. The minimum Gasteiger partial charge on any atom is -0.506 e. The zero-order chi connectivity index (χ0) is 16.3. The number of rotatable bonds is 5. The number of phenols is 1. The number of hydrogen-bond donors (Lipinski definition) is 1. The average Bonchev–Trinajstić information content (AvgIpc) is 2.30. The monoisotopic (exact) mass is 326 g/mol. The van der Waals surface area contributed by atoms with Crippen LogP contribution in [0.4, 0.5) is 0 Å². The van der Waals surface area contributed by atoms with Crippen molar-refractivity contribution in [3.8, 4) is 5.75 Å². The van der Waals surface area contributed by atoms with Crippen LogP contribution in [0.3, 0.4) is 0 Å². The van der Waals surface area contributed by atoms with Crippen molar-refractivity contribution in [1.82, 2.24) is 0 Å². The van der Waals surface area contributed by atoms with Crippen molar-refractivity contribution in [3.63, 3.8) is 0 Å². The van der Waals surface area contributed by atoms with Gasteiger partial charge in [0.05, 0.1) is 9.79 Å².